The van der Waals surface area contributed by atoms with Crippen molar-refractivity contribution in [3.63, 3.8) is 0 Å². The third kappa shape index (κ3) is 3.11. The summed E-state index contributed by atoms with van der Waals surface area (Å²) in [5.74, 6) is 0. The van der Waals surface area contributed by atoms with Gasteiger partial charge < -0.3 is 5.73 Å². The molecular weight excluding hydrogens is 301 g/mol. The zero-order chi connectivity index (χ0) is 14.9. The molecule has 3 rings (SSSR count). The predicted molar refractivity (Wildman–Crippen MR) is 90.0 cm³/mol. The second-order valence-electron chi connectivity index (χ2n) is 5.95. The first-order chi connectivity index (χ1) is 10.1. The Balaban J connectivity index is 1.97. The van der Waals surface area contributed by atoms with E-state index in [1.165, 1.54) is 17.5 Å². The molecule has 1 aliphatic carbocycles. The van der Waals surface area contributed by atoms with Crippen LogP contribution in [0.2, 0.25) is 10.0 Å². The van der Waals surface area contributed by atoms with Gasteiger partial charge in [-0.1, -0.05) is 60.0 Å². The van der Waals surface area contributed by atoms with Crippen molar-refractivity contribution in [2.45, 2.75) is 37.6 Å². The molecular formula is C18H19Cl2N. The van der Waals surface area contributed by atoms with Crippen molar-refractivity contribution in [1.29, 1.82) is 0 Å². The molecule has 0 fully saturated rings. The highest BCUT2D eigenvalue weighted by atomic mass is 35.5. The van der Waals surface area contributed by atoms with Crippen molar-refractivity contribution in [3.8, 4) is 0 Å². The van der Waals surface area contributed by atoms with Crippen molar-refractivity contribution in [3.05, 3.63) is 69.2 Å². The van der Waals surface area contributed by atoms with E-state index in [1.54, 1.807) is 0 Å². The molecule has 0 saturated heterocycles. The summed E-state index contributed by atoms with van der Waals surface area (Å²) in [4.78, 5) is 0. The number of fused-ring (bicyclic) bond motifs is 1. The molecule has 3 heteroatoms. The number of nitrogens with two attached hydrogens (primary N) is 1. The fourth-order valence-electron chi connectivity index (χ4n) is 3.31. The second-order valence-corrected chi connectivity index (χ2v) is 6.76. The highest BCUT2D eigenvalue weighted by molar-refractivity contribution is 6.42. The van der Waals surface area contributed by atoms with E-state index in [0.29, 0.717) is 10.0 Å². The molecule has 1 aliphatic rings. The van der Waals surface area contributed by atoms with E-state index in [1.807, 2.05) is 18.2 Å². The van der Waals surface area contributed by atoms with Gasteiger partial charge in [0.25, 0.3) is 0 Å². The van der Waals surface area contributed by atoms with Gasteiger partial charge in [0.1, 0.15) is 0 Å². The molecule has 0 amide bonds. The van der Waals surface area contributed by atoms with Gasteiger partial charge in [0, 0.05) is 5.54 Å². The smallest absolute Gasteiger partial charge is 0.0595 e. The van der Waals surface area contributed by atoms with Gasteiger partial charge in [-0.3, -0.25) is 0 Å². The fraction of sp³-hybridized carbons (Fsp3) is 0.333. The fourth-order valence-corrected chi connectivity index (χ4v) is 3.63. The van der Waals surface area contributed by atoms with Crippen LogP contribution >= 0.6 is 23.2 Å². The van der Waals surface area contributed by atoms with Crippen LogP contribution in [-0.2, 0) is 18.4 Å². The third-order valence-corrected chi connectivity index (χ3v) is 5.12. The Labute approximate surface area is 136 Å². The summed E-state index contributed by atoms with van der Waals surface area (Å²) >= 11 is 12.1. The number of halogens is 2. The zero-order valence-electron chi connectivity index (χ0n) is 11.9. The molecule has 0 aliphatic heterocycles. The maximum absolute atomic E-state index is 6.81. The lowest BCUT2D eigenvalue weighted by molar-refractivity contribution is 0.399. The molecule has 1 nitrogen and oxygen atoms in total. The molecule has 0 radical (unpaired) electrons. The molecule has 2 aromatic carbocycles. The summed E-state index contributed by atoms with van der Waals surface area (Å²) in [5, 5.41) is 1.19. The molecule has 2 N–H and O–H groups in total. The topological polar surface area (TPSA) is 26.0 Å². The molecule has 0 aromatic heterocycles. The van der Waals surface area contributed by atoms with Gasteiger partial charge in [0.15, 0.2) is 0 Å². The molecule has 0 saturated carbocycles. The van der Waals surface area contributed by atoms with Crippen molar-refractivity contribution >= 4 is 23.2 Å². The molecule has 110 valence electrons. The summed E-state index contributed by atoms with van der Waals surface area (Å²) in [6.07, 6.45) is 5.28. The van der Waals surface area contributed by atoms with Crippen LogP contribution < -0.4 is 5.73 Å². The van der Waals surface area contributed by atoms with Crippen molar-refractivity contribution < 1.29 is 0 Å². The molecule has 0 spiro atoms. The first kappa shape index (κ1) is 14.9. The average Bonchev–Trinajstić information content (AvgIpc) is 2.63. The minimum atomic E-state index is -0.315. The lowest BCUT2D eigenvalue weighted by Crippen LogP contribution is -2.39. The van der Waals surface area contributed by atoms with E-state index in [9.17, 15) is 0 Å². The Kier molecular flexibility index (Phi) is 4.26. The van der Waals surface area contributed by atoms with E-state index in [2.05, 4.69) is 24.3 Å². The third-order valence-electron chi connectivity index (χ3n) is 4.38. The van der Waals surface area contributed by atoms with Gasteiger partial charge in [-0.2, -0.15) is 0 Å². The average molecular weight is 320 g/mol. The summed E-state index contributed by atoms with van der Waals surface area (Å²) < 4.78 is 0. The largest absolute Gasteiger partial charge is 0.321 e. The van der Waals surface area contributed by atoms with E-state index in [0.717, 1.165) is 31.2 Å². The van der Waals surface area contributed by atoms with Crippen LogP contribution in [-0.4, -0.2) is 0 Å². The van der Waals surface area contributed by atoms with Crippen LogP contribution in [0.15, 0.2) is 42.5 Å². The van der Waals surface area contributed by atoms with E-state index >= 15 is 0 Å². The first-order valence-corrected chi connectivity index (χ1v) is 8.15. The molecule has 21 heavy (non-hydrogen) atoms. The van der Waals surface area contributed by atoms with Crippen LogP contribution in [0.4, 0.5) is 0 Å². The normalized spacial score (nSPS) is 21.7. The number of aryl methyl sites for hydroxylation is 1. The number of benzene rings is 2. The Bertz CT molecular complexity index is 653. The lowest BCUT2D eigenvalue weighted by atomic mass is 9.80. The SMILES string of the molecule is NC1(Cc2ccc(Cl)c(Cl)c2)CCCCc2ccccc21. The maximum atomic E-state index is 6.81. The Morgan fingerprint density at radius 3 is 2.62 bits per heavy atom. The predicted octanol–water partition coefficient (Wildman–Crippen LogP) is 5.12. The standard InChI is InChI=1S/C18H19Cl2N/c19-16-9-8-13(11-17(16)20)12-18(21)10-4-3-6-14-5-1-2-7-15(14)18/h1-2,5,7-9,11H,3-4,6,10,12,21H2. The van der Waals surface area contributed by atoms with E-state index < -0.39 is 0 Å². The number of rotatable bonds is 2. The Hall–Kier alpha value is -1.02. The van der Waals surface area contributed by atoms with Gasteiger partial charge in [0.2, 0.25) is 0 Å². The van der Waals surface area contributed by atoms with Crippen molar-refractivity contribution in [2.24, 2.45) is 5.73 Å². The summed E-state index contributed by atoms with van der Waals surface area (Å²) in [5.41, 5.74) is 10.3. The van der Waals surface area contributed by atoms with Crippen LogP contribution in [0.5, 0.6) is 0 Å². The lowest BCUT2D eigenvalue weighted by Gasteiger charge is -2.31. The molecule has 2 aromatic rings. The van der Waals surface area contributed by atoms with Crippen LogP contribution in [0.3, 0.4) is 0 Å². The molecule has 1 unspecified atom stereocenters. The van der Waals surface area contributed by atoms with Gasteiger partial charge >= 0.3 is 0 Å². The second kappa shape index (κ2) is 6.00. The van der Waals surface area contributed by atoms with Crippen LogP contribution in [0, 0.1) is 0 Å². The van der Waals surface area contributed by atoms with Gasteiger partial charge in [-0.25, -0.2) is 0 Å². The highest BCUT2D eigenvalue weighted by Gasteiger charge is 2.31. The molecule has 0 heterocycles. The van der Waals surface area contributed by atoms with Crippen LogP contribution in [0.1, 0.15) is 36.0 Å². The molecule has 1 atom stereocenters. The Morgan fingerprint density at radius 2 is 1.81 bits per heavy atom. The molecule has 0 bridgehead atoms. The summed E-state index contributed by atoms with van der Waals surface area (Å²) in [6.45, 7) is 0. The van der Waals surface area contributed by atoms with Gasteiger partial charge in [-0.15, -0.1) is 0 Å². The van der Waals surface area contributed by atoms with Crippen molar-refractivity contribution in [2.75, 3.05) is 0 Å². The summed E-state index contributed by atoms with van der Waals surface area (Å²) in [6, 6.07) is 14.4. The first-order valence-electron chi connectivity index (χ1n) is 7.40. The monoisotopic (exact) mass is 319 g/mol. The van der Waals surface area contributed by atoms with Crippen LogP contribution in [0.25, 0.3) is 0 Å². The van der Waals surface area contributed by atoms with E-state index in [-0.39, 0.29) is 5.54 Å². The Morgan fingerprint density at radius 1 is 1.00 bits per heavy atom. The van der Waals surface area contributed by atoms with E-state index in [4.69, 9.17) is 28.9 Å². The minimum Gasteiger partial charge on any atom is -0.321 e. The zero-order valence-corrected chi connectivity index (χ0v) is 13.4. The van der Waals surface area contributed by atoms with Gasteiger partial charge in [0.05, 0.1) is 10.0 Å². The quantitative estimate of drug-likeness (QED) is 0.764. The summed E-state index contributed by atoms with van der Waals surface area (Å²) in [7, 11) is 0. The number of hydrogen-bond donors (Lipinski definition) is 1. The van der Waals surface area contributed by atoms with Crippen molar-refractivity contribution in [1.82, 2.24) is 0 Å². The maximum Gasteiger partial charge on any atom is 0.0595 e. The van der Waals surface area contributed by atoms with Gasteiger partial charge in [-0.05, 0) is 54.5 Å². The minimum absolute atomic E-state index is 0.315. The highest BCUT2D eigenvalue weighted by Crippen LogP contribution is 2.35. The number of hydrogen-bond acceptors (Lipinski definition) is 1.